The molecule has 1 aromatic carbocycles. The van der Waals surface area contributed by atoms with E-state index in [1.165, 1.54) is 10.4 Å². The molecule has 2 heterocycles. The zero-order valence-corrected chi connectivity index (χ0v) is 16.1. The Bertz CT molecular complexity index is 800. The first-order chi connectivity index (χ1) is 12.6. The average Bonchev–Trinajstić information content (AvgIpc) is 3.10. The van der Waals surface area contributed by atoms with Gasteiger partial charge in [0.15, 0.2) is 0 Å². The molecule has 0 unspecified atom stereocenters. The van der Waals surface area contributed by atoms with Crippen LogP contribution in [0.2, 0.25) is 0 Å². The first-order valence-corrected chi connectivity index (χ1v) is 9.92. The highest BCUT2D eigenvalue weighted by Crippen LogP contribution is 2.25. The second kappa shape index (κ2) is 8.36. The summed E-state index contributed by atoms with van der Waals surface area (Å²) < 4.78 is 0. The highest BCUT2D eigenvalue weighted by Gasteiger charge is 2.21. The molecule has 0 atom stereocenters. The van der Waals surface area contributed by atoms with Crippen molar-refractivity contribution in [3.63, 3.8) is 0 Å². The Balaban J connectivity index is 1.59. The Morgan fingerprint density at radius 3 is 2.85 bits per heavy atom. The van der Waals surface area contributed by atoms with E-state index in [0.717, 1.165) is 36.3 Å². The molecule has 0 aliphatic carbocycles. The molecule has 0 radical (unpaired) electrons. The van der Waals surface area contributed by atoms with Gasteiger partial charge >= 0.3 is 0 Å². The van der Waals surface area contributed by atoms with Gasteiger partial charge in [-0.25, -0.2) is 0 Å². The van der Waals surface area contributed by atoms with Crippen LogP contribution in [-0.4, -0.2) is 29.8 Å². The molecule has 0 bridgehead atoms. The molecule has 3 rings (SSSR count). The zero-order chi connectivity index (χ0) is 18.5. The summed E-state index contributed by atoms with van der Waals surface area (Å²) in [5.41, 5.74) is 3.89. The van der Waals surface area contributed by atoms with E-state index in [1.807, 2.05) is 36.9 Å². The SMILES string of the molecule is CCCC(=O)Nc1cccc(NCC(=O)N2CCc3sccc3C2)c1C. The Morgan fingerprint density at radius 2 is 2.04 bits per heavy atom. The third-order valence-electron chi connectivity index (χ3n) is 4.68. The Morgan fingerprint density at radius 1 is 1.23 bits per heavy atom. The van der Waals surface area contributed by atoms with E-state index in [-0.39, 0.29) is 18.4 Å². The lowest BCUT2D eigenvalue weighted by atomic mass is 10.1. The number of anilines is 2. The van der Waals surface area contributed by atoms with Crippen molar-refractivity contribution in [2.45, 2.75) is 39.7 Å². The minimum absolute atomic E-state index is 0.0173. The maximum absolute atomic E-state index is 12.6. The topological polar surface area (TPSA) is 61.4 Å². The summed E-state index contributed by atoms with van der Waals surface area (Å²) in [6.07, 6.45) is 2.27. The molecular formula is C20H25N3O2S. The second-order valence-corrected chi connectivity index (χ2v) is 7.56. The van der Waals surface area contributed by atoms with Gasteiger partial charge in [0, 0.05) is 35.8 Å². The minimum atomic E-state index is 0.0173. The average molecular weight is 372 g/mol. The molecule has 26 heavy (non-hydrogen) atoms. The lowest BCUT2D eigenvalue weighted by Gasteiger charge is -2.27. The summed E-state index contributed by atoms with van der Waals surface area (Å²) in [5, 5.41) is 8.27. The first kappa shape index (κ1) is 18.5. The molecule has 5 nitrogen and oxygen atoms in total. The van der Waals surface area contributed by atoms with Crippen LogP contribution >= 0.6 is 11.3 Å². The van der Waals surface area contributed by atoms with Crippen LogP contribution in [0.25, 0.3) is 0 Å². The maximum atomic E-state index is 12.6. The molecule has 1 aromatic heterocycles. The van der Waals surface area contributed by atoms with Crippen molar-refractivity contribution in [1.82, 2.24) is 4.90 Å². The predicted octanol–water partition coefficient (Wildman–Crippen LogP) is 3.79. The Kier molecular flexibility index (Phi) is 5.93. The number of hydrogen-bond donors (Lipinski definition) is 2. The van der Waals surface area contributed by atoms with Crippen molar-refractivity contribution >= 4 is 34.5 Å². The molecule has 0 fully saturated rings. The van der Waals surface area contributed by atoms with Crippen LogP contribution in [0.4, 0.5) is 11.4 Å². The minimum Gasteiger partial charge on any atom is -0.376 e. The van der Waals surface area contributed by atoms with Crippen LogP contribution in [0.1, 0.15) is 35.8 Å². The van der Waals surface area contributed by atoms with Gasteiger partial charge < -0.3 is 15.5 Å². The number of carbonyl (C=O) groups excluding carboxylic acids is 2. The van der Waals surface area contributed by atoms with Crippen molar-refractivity contribution in [2.75, 3.05) is 23.7 Å². The predicted molar refractivity (Wildman–Crippen MR) is 107 cm³/mol. The van der Waals surface area contributed by atoms with Crippen molar-refractivity contribution in [2.24, 2.45) is 0 Å². The highest BCUT2D eigenvalue weighted by molar-refractivity contribution is 7.10. The van der Waals surface area contributed by atoms with Crippen LogP contribution in [0.3, 0.4) is 0 Å². The van der Waals surface area contributed by atoms with E-state index < -0.39 is 0 Å². The fourth-order valence-corrected chi connectivity index (χ4v) is 4.04. The van der Waals surface area contributed by atoms with Crippen molar-refractivity contribution < 1.29 is 9.59 Å². The Labute approximate surface area is 158 Å². The summed E-state index contributed by atoms with van der Waals surface area (Å²) in [4.78, 5) is 27.7. The number of thiophene rings is 1. The number of nitrogens with one attached hydrogen (secondary N) is 2. The second-order valence-electron chi connectivity index (χ2n) is 6.56. The smallest absolute Gasteiger partial charge is 0.242 e. The molecular weight excluding hydrogens is 346 g/mol. The molecule has 2 aromatic rings. The molecule has 1 aliphatic rings. The lowest BCUT2D eigenvalue weighted by Crippen LogP contribution is -2.38. The normalized spacial score (nSPS) is 13.2. The summed E-state index contributed by atoms with van der Waals surface area (Å²) in [7, 11) is 0. The van der Waals surface area contributed by atoms with Gasteiger partial charge in [0.1, 0.15) is 0 Å². The molecule has 0 saturated heterocycles. The summed E-state index contributed by atoms with van der Waals surface area (Å²) in [5.74, 6) is 0.116. The van der Waals surface area contributed by atoms with Crippen LogP contribution in [0, 0.1) is 6.92 Å². The fourth-order valence-electron chi connectivity index (χ4n) is 3.15. The van der Waals surface area contributed by atoms with E-state index in [4.69, 9.17) is 0 Å². The highest BCUT2D eigenvalue weighted by atomic mass is 32.1. The first-order valence-electron chi connectivity index (χ1n) is 9.05. The van der Waals surface area contributed by atoms with Gasteiger partial charge in [0.2, 0.25) is 11.8 Å². The van der Waals surface area contributed by atoms with Gasteiger partial charge in [-0.2, -0.15) is 0 Å². The van der Waals surface area contributed by atoms with E-state index in [9.17, 15) is 9.59 Å². The van der Waals surface area contributed by atoms with Crippen LogP contribution in [0.15, 0.2) is 29.6 Å². The fraction of sp³-hybridized carbons (Fsp3) is 0.400. The third-order valence-corrected chi connectivity index (χ3v) is 5.70. The van der Waals surface area contributed by atoms with Crippen molar-refractivity contribution in [3.05, 3.63) is 45.6 Å². The molecule has 1 aliphatic heterocycles. The van der Waals surface area contributed by atoms with Crippen LogP contribution in [0.5, 0.6) is 0 Å². The van der Waals surface area contributed by atoms with Crippen LogP contribution in [-0.2, 0) is 22.6 Å². The summed E-state index contributed by atoms with van der Waals surface area (Å²) in [6, 6.07) is 7.82. The van der Waals surface area contributed by atoms with Crippen molar-refractivity contribution in [1.29, 1.82) is 0 Å². The number of amides is 2. The molecule has 0 spiro atoms. The Hall–Kier alpha value is -2.34. The van der Waals surface area contributed by atoms with E-state index >= 15 is 0 Å². The molecule has 2 amide bonds. The van der Waals surface area contributed by atoms with Gasteiger partial charge in [-0.3, -0.25) is 9.59 Å². The molecule has 138 valence electrons. The maximum Gasteiger partial charge on any atom is 0.242 e. The van der Waals surface area contributed by atoms with E-state index in [1.54, 1.807) is 11.3 Å². The molecule has 0 saturated carbocycles. The largest absolute Gasteiger partial charge is 0.376 e. The van der Waals surface area contributed by atoms with Gasteiger partial charge in [0.25, 0.3) is 0 Å². The number of fused-ring (bicyclic) bond motifs is 1. The standard InChI is InChI=1S/C20H25N3O2S/c1-3-5-19(24)22-17-7-4-6-16(14(17)2)21-12-20(25)23-10-8-18-15(13-23)9-11-26-18/h4,6-7,9,11,21H,3,5,8,10,12-13H2,1-2H3,(H,22,24). The third kappa shape index (κ3) is 4.25. The van der Waals surface area contributed by atoms with Gasteiger partial charge in [-0.15, -0.1) is 11.3 Å². The molecule has 6 heteroatoms. The van der Waals surface area contributed by atoms with E-state index in [2.05, 4.69) is 22.1 Å². The quantitative estimate of drug-likeness (QED) is 0.812. The van der Waals surface area contributed by atoms with Crippen molar-refractivity contribution in [3.8, 4) is 0 Å². The monoisotopic (exact) mass is 371 g/mol. The number of carbonyl (C=O) groups is 2. The summed E-state index contributed by atoms with van der Waals surface area (Å²) >= 11 is 1.77. The number of nitrogens with zero attached hydrogens (tertiary/aromatic N) is 1. The number of hydrogen-bond acceptors (Lipinski definition) is 4. The van der Waals surface area contributed by atoms with Gasteiger partial charge in [0.05, 0.1) is 6.54 Å². The zero-order valence-electron chi connectivity index (χ0n) is 15.3. The number of rotatable bonds is 6. The molecule has 2 N–H and O–H groups in total. The lowest BCUT2D eigenvalue weighted by molar-refractivity contribution is -0.130. The summed E-state index contributed by atoms with van der Waals surface area (Å²) in [6.45, 7) is 5.67. The van der Waals surface area contributed by atoms with Gasteiger partial charge in [-0.05, 0) is 54.5 Å². The van der Waals surface area contributed by atoms with Crippen LogP contribution < -0.4 is 10.6 Å². The number of benzene rings is 1. The van der Waals surface area contributed by atoms with E-state index in [0.29, 0.717) is 13.0 Å². The van der Waals surface area contributed by atoms with Gasteiger partial charge in [-0.1, -0.05) is 13.0 Å².